The summed E-state index contributed by atoms with van der Waals surface area (Å²) in [4.78, 5) is 7.80. The highest BCUT2D eigenvalue weighted by molar-refractivity contribution is 5.78. The molecule has 0 unspecified atom stereocenters. The molecule has 0 saturated heterocycles. The van der Waals surface area contributed by atoms with E-state index in [4.69, 9.17) is 17.2 Å². The van der Waals surface area contributed by atoms with Gasteiger partial charge in [-0.15, -0.1) is 0 Å². The number of rotatable bonds is 2. The lowest BCUT2D eigenvalue weighted by Crippen LogP contribution is -2.06. The quantitative estimate of drug-likeness (QED) is 0.719. The van der Waals surface area contributed by atoms with E-state index in [9.17, 15) is 0 Å². The number of nitrogens with two attached hydrogens (primary N) is 3. The molecule has 1 aromatic carbocycles. The van der Waals surface area contributed by atoms with Gasteiger partial charge in [-0.3, -0.25) is 0 Å². The van der Waals surface area contributed by atoms with E-state index in [1.165, 1.54) is 0 Å². The third-order valence-electron chi connectivity index (χ3n) is 2.26. The van der Waals surface area contributed by atoms with Crippen molar-refractivity contribution in [2.45, 2.75) is 0 Å². The van der Waals surface area contributed by atoms with Crippen LogP contribution in [0.4, 0.5) is 17.5 Å². The zero-order chi connectivity index (χ0) is 12.3. The van der Waals surface area contributed by atoms with Gasteiger partial charge in [-0.2, -0.15) is 4.98 Å². The first kappa shape index (κ1) is 10.9. The first-order chi connectivity index (χ1) is 8.16. The monoisotopic (exact) mass is 227 g/mol. The molecular formula is C12H13N5. The molecule has 5 heteroatoms. The van der Waals surface area contributed by atoms with Gasteiger partial charge in [-0.1, -0.05) is 36.4 Å². The van der Waals surface area contributed by atoms with Gasteiger partial charge in [0.2, 0.25) is 5.95 Å². The molecule has 1 aromatic heterocycles. The number of aromatic nitrogens is 2. The molecule has 2 rings (SSSR count). The molecular weight excluding hydrogens is 214 g/mol. The first-order valence-corrected chi connectivity index (χ1v) is 5.08. The van der Waals surface area contributed by atoms with Crippen LogP contribution in [0.25, 0.3) is 12.2 Å². The fraction of sp³-hybridized carbons (Fsp3) is 0. The highest BCUT2D eigenvalue weighted by Crippen LogP contribution is 2.19. The van der Waals surface area contributed by atoms with Gasteiger partial charge in [0.05, 0.1) is 5.69 Å². The van der Waals surface area contributed by atoms with Crippen molar-refractivity contribution < 1.29 is 0 Å². The van der Waals surface area contributed by atoms with E-state index in [-0.39, 0.29) is 11.8 Å². The average molecular weight is 227 g/mol. The summed E-state index contributed by atoms with van der Waals surface area (Å²) in [5.74, 6) is 0.314. The van der Waals surface area contributed by atoms with Crippen LogP contribution >= 0.6 is 0 Å². The summed E-state index contributed by atoms with van der Waals surface area (Å²) in [6.07, 6.45) is 3.65. The standard InChI is InChI=1S/C12H13N5/c13-10-9(16-12(15)17-11(10)14)7-6-8-4-2-1-3-5-8/h1-7H,13H2,(H4,14,15,16,17)/b7-6+. The number of benzene rings is 1. The number of anilines is 3. The number of hydrogen-bond acceptors (Lipinski definition) is 5. The predicted molar refractivity (Wildman–Crippen MR) is 70.6 cm³/mol. The van der Waals surface area contributed by atoms with E-state index in [2.05, 4.69) is 9.97 Å². The molecule has 6 N–H and O–H groups in total. The van der Waals surface area contributed by atoms with Crippen LogP contribution in [0, 0.1) is 0 Å². The molecule has 0 atom stereocenters. The Morgan fingerprint density at radius 1 is 0.882 bits per heavy atom. The second-order valence-corrected chi connectivity index (χ2v) is 3.51. The van der Waals surface area contributed by atoms with Crippen LogP contribution in [0.2, 0.25) is 0 Å². The van der Waals surface area contributed by atoms with E-state index in [0.29, 0.717) is 11.4 Å². The average Bonchev–Trinajstić information content (AvgIpc) is 2.33. The summed E-state index contributed by atoms with van der Waals surface area (Å²) in [6.45, 7) is 0. The zero-order valence-corrected chi connectivity index (χ0v) is 9.17. The van der Waals surface area contributed by atoms with Crippen molar-refractivity contribution in [3.63, 3.8) is 0 Å². The van der Waals surface area contributed by atoms with Crippen LogP contribution in [0.1, 0.15) is 11.3 Å². The van der Waals surface area contributed by atoms with E-state index in [0.717, 1.165) is 5.56 Å². The molecule has 0 bridgehead atoms. The van der Waals surface area contributed by atoms with Crippen molar-refractivity contribution in [1.29, 1.82) is 0 Å². The fourth-order valence-corrected chi connectivity index (χ4v) is 1.39. The molecule has 0 fully saturated rings. The minimum atomic E-state index is 0.115. The molecule has 0 saturated carbocycles. The van der Waals surface area contributed by atoms with Gasteiger partial charge < -0.3 is 17.2 Å². The Morgan fingerprint density at radius 2 is 1.59 bits per heavy atom. The third kappa shape index (κ3) is 2.52. The summed E-state index contributed by atoms with van der Waals surface area (Å²) in [6, 6.07) is 9.80. The molecule has 0 aliphatic carbocycles. The van der Waals surface area contributed by atoms with Gasteiger partial charge in [0.1, 0.15) is 5.69 Å². The van der Waals surface area contributed by atoms with Gasteiger partial charge in [-0.05, 0) is 11.6 Å². The Bertz CT molecular complexity index is 548. The molecule has 0 radical (unpaired) electrons. The fourth-order valence-electron chi connectivity index (χ4n) is 1.39. The highest BCUT2D eigenvalue weighted by atomic mass is 15.1. The largest absolute Gasteiger partial charge is 0.394 e. The summed E-state index contributed by atoms with van der Waals surface area (Å²) in [7, 11) is 0. The van der Waals surface area contributed by atoms with Gasteiger partial charge in [0.15, 0.2) is 5.82 Å². The molecule has 5 nitrogen and oxygen atoms in total. The lowest BCUT2D eigenvalue weighted by atomic mass is 10.2. The van der Waals surface area contributed by atoms with Crippen molar-refractivity contribution in [3.05, 3.63) is 41.6 Å². The summed E-state index contributed by atoms with van der Waals surface area (Å²) in [5.41, 5.74) is 18.8. The Morgan fingerprint density at radius 3 is 2.29 bits per heavy atom. The van der Waals surface area contributed by atoms with Crippen molar-refractivity contribution >= 4 is 29.6 Å². The molecule has 17 heavy (non-hydrogen) atoms. The highest BCUT2D eigenvalue weighted by Gasteiger charge is 2.04. The third-order valence-corrected chi connectivity index (χ3v) is 2.26. The van der Waals surface area contributed by atoms with Crippen molar-refractivity contribution in [3.8, 4) is 0 Å². The SMILES string of the molecule is Nc1nc(N)c(N)c(/C=C/c2ccccc2)n1. The van der Waals surface area contributed by atoms with Crippen molar-refractivity contribution in [2.24, 2.45) is 0 Å². The Kier molecular flexibility index (Phi) is 2.91. The maximum Gasteiger partial charge on any atom is 0.222 e. The number of nitrogen functional groups attached to an aromatic ring is 3. The minimum absolute atomic E-state index is 0.115. The second kappa shape index (κ2) is 4.52. The van der Waals surface area contributed by atoms with Crippen molar-refractivity contribution in [1.82, 2.24) is 9.97 Å². The zero-order valence-electron chi connectivity index (χ0n) is 9.17. The van der Waals surface area contributed by atoms with E-state index >= 15 is 0 Å². The van der Waals surface area contributed by atoms with Crippen LogP contribution < -0.4 is 17.2 Å². The van der Waals surface area contributed by atoms with Gasteiger partial charge in [0, 0.05) is 0 Å². The van der Waals surface area contributed by atoms with Crippen LogP contribution in [0.5, 0.6) is 0 Å². The molecule has 86 valence electrons. The molecule has 0 spiro atoms. The predicted octanol–water partition coefficient (Wildman–Crippen LogP) is 1.39. The minimum Gasteiger partial charge on any atom is -0.394 e. The molecule has 0 aliphatic heterocycles. The molecule has 1 heterocycles. The maximum absolute atomic E-state index is 5.76. The molecule has 0 aliphatic rings. The van der Waals surface area contributed by atoms with Crippen LogP contribution in [0.15, 0.2) is 30.3 Å². The lowest BCUT2D eigenvalue weighted by Gasteiger charge is -2.03. The summed E-state index contributed by atoms with van der Waals surface area (Å²) in [5, 5.41) is 0. The van der Waals surface area contributed by atoms with E-state index in [1.807, 2.05) is 36.4 Å². The van der Waals surface area contributed by atoms with Crippen molar-refractivity contribution in [2.75, 3.05) is 17.2 Å². The number of nitrogens with zero attached hydrogens (tertiary/aromatic N) is 2. The smallest absolute Gasteiger partial charge is 0.222 e. The number of hydrogen-bond donors (Lipinski definition) is 3. The maximum atomic E-state index is 5.76. The van der Waals surface area contributed by atoms with Crippen LogP contribution in [-0.2, 0) is 0 Å². The van der Waals surface area contributed by atoms with E-state index < -0.39 is 0 Å². The van der Waals surface area contributed by atoms with E-state index in [1.54, 1.807) is 6.08 Å². The first-order valence-electron chi connectivity index (χ1n) is 5.08. The van der Waals surface area contributed by atoms with Gasteiger partial charge in [0.25, 0.3) is 0 Å². The lowest BCUT2D eigenvalue weighted by molar-refractivity contribution is 1.18. The topological polar surface area (TPSA) is 104 Å². The Hall–Kier alpha value is -2.56. The molecule has 2 aromatic rings. The molecule has 0 amide bonds. The van der Waals surface area contributed by atoms with Gasteiger partial charge >= 0.3 is 0 Å². The Labute approximate surface area is 99.0 Å². The summed E-state index contributed by atoms with van der Waals surface area (Å²) < 4.78 is 0. The normalized spacial score (nSPS) is 10.8. The second-order valence-electron chi connectivity index (χ2n) is 3.51. The Balaban J connectivity index is 2.33. The van der Waals surface area contributed by atoms with Gasteiger partial charge in [-0.25, -0.2) is 4.98 Å². The summed E-state index contributed by atoms with van der Waals surface area (Å²) >= 11 is 0. The van der Waals surface area contributed by atoms with Crippen LogP contribution in [0.3, 0.4) is 0 Å². The van der Waals surface area contributed by atoms with Crippen LogP contribution in [-0.4, -0.2) is 9.97 Å².